The molecule has 0 saturated carbocycles. The Morgan fingerprint density at radius 2 is 1.90 bits per heavy atom. The number of thiazole rings is 1. The van der Waals surface area contributed by atoms with E-state index in [1.54, 1.807) is 23.6 Å². The maximum atomic E-state index is 14.3. The molecule has 0 N–H and O–H groups in total. The van der Waals surface area contributed by atoms with Gasteiger partial charge in [-0.05, 0) is 18.2 Å². The van der Waals surface area contributed by atoms with Crippen LogP contribution in [0.1, 0.15) is 5.56 Å². The molecular formula is C18H15ClF2N2O4S2. The number of ether oxygens (including phenoxy) is 2. The number of anilines is 1. The molecule has 1 aromatic heterocycles. The van der Waals surface area contributed by atoms with Crippen molar-refractivity contribution < 1.29 is 26.7 Å². The Morgan fingerprint density at radius 1 is 1.14 bits per heavy atom. The minimum absolute atomic E-state index is 0.0997. The van der Waals surface area contributed by atoms with E-state index in [4.69, 9.17) is 21.1 Å². The molecule has 0 amide bonds. The van der Waals surface area contributed by atoms with Crippen LogP contribution in [0.5, 0.6) is 11.5 Å². The predicted molar refractivity (Wildman–Crippen MR) is 106 cm³/mol. The van der Waals surface area contributed by atoms with Crippen LogP contribution in [0.25, 0.3) is 0 Å². The predicted octanol–water partition coefficient (Wildman–Crippen LogP) is 4.49. The summed E-state index contributed by atoms with van der Waals surface area (Å²) < 4.78 is 65.7. The van der Waals surface area contributed by atoms with E-state index < -0.39 is 31.6 Å². The number of halogens is 3. The summed E-state index contributed by atoms with van der Waals surface area (Å²) in [6.45, 7) is -0.211. The van der Waals surface area contributed by atoms with Crippen LogP contribution in [0.15, 0.2) is 46.8 Å². The van der Waals surface area contributed by atoms with Gasteiger partial charge in [0.05, 0.1) is 25.8 Å². The minimum Gasteiger partial charge on any atom is -0.497 e. The van der Waals surface area contributed by atoms with Crippen LogP contribution in [0.4, 0.5) is 13.9 Å². The Hall–Kier alpha value is -2.43. The van der Waals surface area contributed by atoms with E-state index in [-0.39, 0.29) is 11.7 Å². The largest absolute Gasteiger partial charge is 0.497 e. The third kappa shape index (κ3) is 4.29. The molecule has 0 unspecified atom stereocenters. The van der Waals surface area contributed by atoms with Crippen molar-refractivity contribution in [2.24, 2.45) is 0 Å². The lowest BCUT2D eigenvalue weighted by Gasteiger charge is -2.23. The molecule has 11 heteroatoms. The van der Waals surface area contributed by atoms with Crippen molar-refractivity contribution in [3.05, 3.63) is 64.1 Å². The zero-order chi connectivity index (χ0) is 21.2. The van der Waals surface area contributed by atoms with Gasteiger partial charge >= 0.3 is 0 Å². The number of benzene rings is 2. The second kappa shape index (κ2) is 8.52. The van der Waals surface area contributed by atoms with E-state index in [1.807, 2.05) is 0 Å². The molecule has 0 aliphatic rings. The smallest absolute Gasteiger partial charge is 0.269 e. The fourth-order valence-electron chi connectivity index (χ4n) is 2.55. The van der Waals surface area contributed by atoms with E-state index in [0.717, 1.165) is 21.7 Å². The lowest BCUT2D eigenvalue weighted by Crippen LogP contribution is -2.31. The molecule has 2 aromatic carbocycles. The summed E-state index contributed by atoms with van der Waals surface area (Å²) in [5.74, 6) is -1.42. The zero-order valence-corrected chi connectivity index (χ0v) is 17.6. The van der Waals surface area contributed by atoms with Gasteiger partial charge < -0.3 is 9.47 Å². The Labute approximate surface area is 175 Å². The second-order valence-electron chi connectivity index (χ2n) is 5.70. The Morgan fingerprint density at radius 3 is 2.52 bits per heavy atom. The molecule has 0 aliphatic heterocycles. The van der Waals surface area contributed by atoms with Gasteiger partial charge in [-0.1, -0.05) is 11.6 Å². The summed E-state index contributed by atoms with van der Waals surface area (Å²) in [6, 6.07) is 6.04. The highest BCUT2D eigenvalue weighted by Crippen LogP contribution is 2.33. The summed E-state index contributed by atoms with van der Waals surface area (Å²) >= 11 is 6.74. The van der Waals surface area contributed by atoms with Crippen LogP contribution >= 0.6 is 22.9 Å². The van der Waals surface area contributed by atoms with E-state index in [0.29, 0.717) is 23.1 Å². The monoisotopic (exact) mass is 460 g/mol. The van der Waals surface area contributed by atoms with Crippen LogP contribution < -0.4 is 13.8 Å². The maximum Gasteiger partial charge on any atom is 0.269 e. The normalized spacial score (nSPS) is 11.3. The van der Waals surface area contributed by atoms with Gasteiger partial charge in [-0.15, -0.1) is 11.3 Å². The van der Waals surface area contributed by atoms with Gasteiger partial charge in [-0.3, -0.25) is 0 Å². The van der Waals surface area contributed by atoms with Gasteiger partial charge in [0.1, 0.15) is 28.0 Å². The molecule has 154 valence electrons. The van der Waals surface area contributed by atoms with Crippen molar-refractivity contribution in [1.29, 1.82) is 0 Å². The first-order chi connectivity index (χ1) is 13.8. The standard InChI is InChI=1S/C18H15ClF2N2O4S2/c1-26-12-4-3-11(16(7-12)27-2)10-23(18-22-5-6-28-18)29(24,25)17-8-13(19)14(20)9-15(17)21/h3-9H,10H2,1-2H3. The number of aromatic nitrogens is 1. The fourth-order valence-corrected chi connectivity index (χ4v) is 5.12. The first-order valence-electron chi connectivity index (χ1n) is 8.05. The summed E-state index contributed by atoms with van der Waals surface area (Å²) in [5, 5.41) is 1.17. The first kappa shape index (κ1) is 21.3. The van der Waals surface area contributed by atoms with Gasteiger partial charge in [-0.25, -0.2) is 26.5 Å². The van der Waals surface area contributed by atoms with Gasteiger partial charge in [0.2, 0.25) is 0 Å². The van der Waals surface area contributed by atoms with E-state index in [1.165, 1.54) is 20.4 Å². The molecule has 3 aromatic rings. The molecule has 1 heterocycles. The van der Waals surface area contributed by atoms with Crippen molar-refractivity contribution in [3.63, 3.8) is 0 Å². The van der Waals surface area contributed by atoms with E-state index >= 15 is 0 Å². The fraction of sp³-hybridized carbons (Fsp3) is 0.167. The van der Waals surface area contributed by atoms with Crippen LogP contribution in [0.2, 0.25) is 5.02 Å². The average Bonchev–Trinajstić information content (AvgIpc) is 3.22. The SMILES string of the molecule is COc1ccc(CN(c2nccs2)S(=O)(=O)c2cc(Cl)c(F)cc2F)c(OC)c1. The first-order valence-corrected chi connectivity index (χ1v) is 10.8. The summed E-state index contributed by atoms with van der Waals surface area (Å²) in [4.78, 5) is 3.28. The quantitative estimate of drug-likeness (QED) is 0.486. The molecule has 0 aliphatic carbocycles. The average molecular weight is 461 g/mol. The maximum absolute atomic E-state index is 14.3. The van der Waals surface area contributed by atoms with Crippen LogP contribution in [-0.2, 0) is 16.6 Å². The molecule has 3 rings (SSSR count). The molecule has 0 bridgehead atoms. The molecule has 0 fully saturated rings. The molecule has 6 nitrogen and oxygen atoms in total. The van der Waals surface area contributed by atoms with Crippen molar-refractivity contribution in [2.45, 2.75) is 11.4 Å². The highest BCUT2D eigenvalue weighted by Gasteiger charge is 2.31. The third-order valence-electron chi connectivity index (χ3n) is 3.98. The number of sulfonamides is 1. The van der Waals surface area contributed by atoms with Crippen LogP contribution in [0, 0.1) is 11.6 Å². The lowest BCUT2D eigenvalue weighted by atomic mass is 10.2. The molecule has 0 saturated heterocycles. The van der Waals surface area contributed by atoms with Gasteiger partial charge in [0.25, 0.3) is 10.0 Å². The molecule has 0 atom stereocenters. The summed E-state index contributed by atoms with van der Waals surface area (Å²) in [7, 11) is -1.55. The highest BCUT2D eigenvalue weighted by molar-refractivity contribution is 7.93. The number of hydrogen-bond donors (Lipinski definition) is 0. The van der Waals surface area contributed by atoms with Crippen molar-refractivity contribution >= 4 is 38.1 Å². The zero-order valence-electron chi connectivity index (χ0n) is 15.2. The number of rotatable bonds is 7. The van der Waals surface area contributed by atoms with Gasteiger partial charge in [-0.2, -0.15) is 0 Å². The molecule has 29 heavy (non-hydrogen) atoms. The second-order valence-corrected chi connectivity index (χ2v) is 8.81. The van der Waals surface area contributed by atoms with Crippen LogP contribution in [-0.4, -0.2) is 27.6 Å². The molecule has 0 radical (unpaired) electrons. The Kier molecular flexibility index (Phi) is 6.25. The minimum atomic E-state index is -4.46. The Balaban J connectivity index is 2.11. The van der Waals surface area contributed by atoms with Crippen molar-refractivity contribution in [1.82, 2.24) is 4.98 Å². The van der Waals surface area contributed by atoms with Gasteiger partial charge in [0.15, 0.2) is 5.13 Å². The molecular weight excluding hydrogens is 446 g/mol. The van der Waals surface area contributed by atoms with Crippen LogP contribution in [0.3, 0.4) is 0 Å². The number of methoxy groups -OCH3 is 2. The van der Waals surface area contributed by atoms with Crippen molar-refractivity contribution in [3.8, 4) is 11.5 Å². The third-order valence-corrected chi connectivity index (χ3v) is 6.93. The summed E-state index contributed by atoms with van der Waals surface area (Å²) in [6.07, 6.45) is 1.42. The van der Waals surface area contributed by atoms with E-state index in [9.17, 15) is 17.2 Å². The Bertz CT molecular complexity index is 1130. The van der Waals surface area contributed by atoms with Gasteiger partial charge in [0, 0.05) is 29.3 Å². The number of nitrogens with zero attached hydrogens (tertiary/aromatic N) is 2. The highest BCUT2D eigenvalue weighted by atomic mass is 35.5. The van der Waals surface area contributed by atoms with Crippen molar-refractivity contribution in [2.75, 3.05) is 18.5 Å². The topological polar surface area (TPSA) is 68.7 Å². The lowest BCUT2D eigenvalue weighted by molar-refractivity contribution is 0.391. The number of hydrogen-bond acceptors (Lipinski definition) is 6. The molecule has 0 spiro atoms. The summed E-state index contributed by atoms with van der Waals surface area (Å²) in [5.41, 5.74) is 0.487. The van der Waals surface area contributed by atoms with E-state index in [2.05, 4.69) is 4.98 Å².